The number of benzene rings is 3. The molecular weight excluding hydrogens is 502 g/mol. The zero-order chi connectivity index (χ0) is 28.0. The molecule has 0 saturated carbocycles. The number of allylic oxidation sites excluding steroid dienone is 2. The number of piperidine rings is 1. The van der Waals surface area contributed by atoms with E-state index in [9.17, 15) is 4.79 Å². The molecule has 1 aliphatic heterocycles. The number of likely N-dealkylation sites (tertiary alicyclic amines) is 1. The predicted octanol–water partition coefficient (Wildman–Crippen LogP) is 6.90. The number of methoxy groups -OCH3 is 1. The molecule has 0 radical (unpaired) electrons. The first-order chi connectivity index (χ1) is 19.6. The SMILES string of the molecule is COc1cc(C=CC=CC(=O)O)ccc1O/C=C\CCN1CCC(OC(c2ccccc2)c2ccccc2)CC1. The Kier molecular flexibility index (Phi) is 11.2. The van der Waals surface area contributed by atoms with Gasteiger partial charge in [-0.1, -0.05) is 85.0 Å². The first kappa shape index (κ1) is 28.9. The van der Waals surface area contributed by atoms with Crippen molar-refractivity contribution in [3.63, 3.8) is 0 Å². The first-order valence-electron chi connectivity index (χ1n) is 13.7. The molecule has 0 bridgehead atoms. The van der Waals surface area contributed by atoms with Crippen LogP contribution in [0.15, 0.2) is 109 Å². The van der Waals surface area contributed by atoms with Gasteiger partial charge >= 0.3 is 5.97 Å². The Morgan fingerprint density at radius 2 is 1.62 bits per heavy atom. The van der Waals surface area contributed by atoms with Crippen LogP contribution in [0.25, 0.3) is 6.08 Å². The van der Waals surface area contributed by atoms with Gasteiger partial charge in [0.15, 0.2) is 11.5 Å². The lowest BCUT2D eigenvalue weighted by molar-refractivity contribution is -0.131. The molecule has 0 amide bonds. The minimum atomic E-state index is -0.980. The maximum atomic E-state index is 10.6. The second-order valence-electron chi connectivity index (χ2n) is 9.62. The highest BCUT2D eigenvalue weighted by molar-refractivity contribution is 5.80. The average Bonchev–Trinajstić information content (AvgIpc) is 2.99. The van der Waals surface area contributed by atoms with E-state index in [0.29, 0.717) is 11.5 Å². The number of carboxylic acid groups (broad SMARTS) is 1. The third kappa shape index (κ3) is 8.97. The van der Waals surface area contributed by atoms with Crippen molar-refractivity contribution in [2.45, 2.75) is 31.5 Å². The Bertz CT molecular complexity index is 1240. The molecule has 6 nitrogen and oxygen atoms in total. The molecule has 0 aliphatic carbocycles. The van der Waals surface area contributed by atoms with Crippen molar-refractivity contribution in [2.24, 2.45) is 0 Å². The fourth-order valence-corrected chi connectivity index (χ4v) is 4.70. The molecule has 0 unspecified atom stereocenters. The van der Waals surface area contributed by atoms with Crippen molar-refractivity contribution in [1.29, 1.82) is 0 Å². The normalized spacial score (nSPS) is 14.9. The summed E-state index contributed by atoms with van der Waals surface area (Å²) < 4.78 is 17.9. The zero-order valence-electron chi connectivity index (χ0n) is 22.9. The highest BCUT2D eigenvalue weighted by Crippen LogP contribution is 2.30. The molecule has 40 heavy (non-hydrogen) atoms. The Balaban J connectivity index is 1.21. The van der Waals surface area contributed by atoms with Crippen molar-refractivity contribution < 1.29 is 24.1 Å². The highest BCUT2D eigenvalue weighted by Gasteiger charge is 2.24. The summed E-state index contributed by atoms with van der Waals surface area (Å²) in [6, 6.07) is 26.5. The third-order valence-corrected chi connectivity index (χ3v) is 6.80. The van der Waals surface area contributed by atoms with Gasteiger partial charge in [-0.3, -0.25) is 0 Å². The molecule has 0 atom stereocenters. The van der Waals surface area contributed by atoms with E-state index in [0.717, 1.165) is 50.5 Å². The largest absolute Gasteiger partial charge is 0.493 e. The Morgan fingerprint density at radius 3 is 2.25 bits per heavy atom. The van der Waals surface area contributed by atoms with E-state index >= 15 is 0 Å². The van der Waals surface area contributed by atoms with Gasteiger partial charge < -0.3 is 24.2 Å². The van der Waals surface area contributed by atoms with Gasteiger partial charge in [-0.15, -0.1) is 0 Å². The number of rotatable bonds is 13. The van der Waals surface area contributed by atoms with Crippen LogP contribution in [0.1, 0.15) is 42.1 Å². The molecule has 0 aromatic heterocycles. The number of hydrogen-bond acceptors (Lipinski definition) is 5. The second kappa shape index (κ2) is 15.5. The predicted molar refractivity (Wildman–Crippen MR) is 158 cm³/mol. The van der Waals surface area contributed by atoms with Crippen LogP contribution in [-0.4, -0.2) is 48.8 Å². The number of nitrogens with zero attached hydrogens (tertiary/aromatic N) is 1. The van der Waals surface area contributed by atoms with Crippen LogP contribution in [0, 0.1) is 0 Å². The van der Waals surface area contributed by atoms with Crippen LogP contribution in [0.5, 0.6) is 11.5 Å². The Morgan fingerprint density at radius 1 is 0.950 bits per heavy atom. The van der Waals surface area contributed by atoms with Gasteiger partial charge in [0.2, 0.25) is 0 Å². The molecule has 0 spiro atoms. The smallest absolute Gasteiger partial charge is 0.328 e. The first-order valence-corrected chi connectivity index (χ1v) is 13.7. The van der Waals surface area contributed by atoms with E-state index in [2.05, 4.69) is 53.4 Å². The summed E-state index contributed by atoms with van der Waals surface area (Å²) >= 11 is 0. The summed E-state index contributed by atoms with van der Waals surface area (Å²) in [7, 11) is 1.60. The van der Waals surface area contributed by atoms with Gasteiger partial charge in [-0.2, -0.15) is 0 Å². The summed E-state index contributed by atoms with van der Waals surface area (Å²) in [5.41, 5.74) is 3.27. The van der Waals surface area contributed by atoms with Gasteiger partial charge in [-0.05, 0) is 54.2 Å². The van der Waals surface area contributed by atoms with Crippen LogP contribution in [0.4, 0.5) is 0 Å². The summed E-state index contributed by atoms with van der Waals surface area (Å²) in [5.74, 6) is 0.258. The van der Waals surface area contributed by atoms with Crippen molar-refractivity contribution in [1.82, 2.24) is 4.90 Å². The van der Waals surface area contributed by atoms with Crippen molar-refractivity contribution in [3.8, 4) is 11.5 Å². The van der Waals surface area contributed by atoms with Gasteiger partial charge in [0, 0.05) is 25.7 Å². The second-order valence-corrected chi connectivity index (χ2v) is 9.62. The van der Waals surface area contributed by atoms with Crippen LogP contribution in [0.3, 0.4) is 0 Å². The summed E-state index contributed by atoms with van der Waals surface area (Å²) in [6.45, 7) is 3.00. The highest BCUT2D eigenvalue weighted by atomic mass is 16.5. The van der Waals surface area contributed by atoms with E-state index in [-0.39, 0.29) is 12.2 Å². The number of hydrogen-bond donors (Lipinski definition) is 1. The molecule has 3 aromatic rings. The van der Waals surface area contributed by atoms with Crippen molar-refractivity contribution in [2.75, 3.05) is 26.7 Å². The van der Waals surface area contributed by atoms with Crippen molar-refractivity contribution in [3.05, 3.63) is 126 Å². The van der Waals surface area contributed by atoms with E-state index < -0.39 is 5.97 Å². The Hall–Kier alpha value is -4.13. The maximum Gasteiger partial charge on any atom is 0.328 e. The molecule has 208 valence electrons. The van der Waals surface area contributed by atoms with Crippen LogP contribution in [-0.2, 0) is 9.53 Å². The molecule has 1 N–H and O–H groups in total. The fraction of sp³-hybridized carbons (Fsp3) is 0.265. The molecule has 1 fully saturated rings. The van der Waals surface area contributed by atoms with E-state index in [1.54, 1.807) is 25.5 Å². The minimum Gasteiger partial charge on any atom is -0.493 e. The summed E-state index contributed by atoms with van der Waals surface area (Å²) in [6.07, 6.45) is 12.9. The van der Waals surface area contributed by atoms with Crippen LogP contribution < -0.4 is 9.47 Å². The van der Waals surface area contributed by atoms with E-state index in [1.165, 1.54) is 17.2 Å². The maximum absolute atomic E-state index is 10.6. The summed E-state index contributed by atoms with van der Waals surface area (Å²) in [4.78, 5) is 13.0. The number of aliphatic carboxylic acids is 1. The quantitative estimate of drug-likeness (QED) is 0.145. The topological polar surface area (TPSA) is 68.2 Å². The van der Waals surface area contributed by atoms with E-state index in [1.807, 2.05) is 36.4 Å². The van der Waals surface area contributed by atoms with Gasteiger partial charge in [0.1, 0.15) is 6.10 Å². The van der Waals surface area contributed by atoms with Gasteiger partial charge in [0.05, 0.1) is 19.5 Å². The minimum absolute atomic E-state index is 0.0464. The molecular formula is C34H37NO5. The molecule has 1 heterocycles. The summed E-state index contributed by atoms with van der Waals surface area (Å²) in [5, 5.41) is 8.66. The zero-order valence-corrected chi connectivity index (χ0v) is 22.9. The lowest BCUT2D eigenvalue weighted by atomic mass is 10.00. The number of ether oxygens (including phenoxy) is 3. The monoisotopic (exact) mass is 539 g/mol. The molecule has 6 heteroatoms. The van der Waals surface area contributed by atoms with Crippen LogP contribution >= 0.6 is 0 Å². The average molecular weight is 540 g/mol. The molecule has 1 saturated heterocycles. The standard InChI is InChI=1S/C34H37NO5/c1-38-32-26-27(12-8-9-17-33(36)37)18-19-31(32)39-25-11-10-22-35-23-20-30(21-24-35)40-34(28-13-4-2-5-14-28)29-15-6-3-7-16-29/h2-9,11-19,25-26,30,34H,10,20-24H2,1H3,(H,36,37)/b12-8?,17-9?,25-11-. The van der Waals surface area contributed by atoms with Gasteiger partial charge in [0.25, 0.3) is 0 Å². The Labute approximate surface area is 236 Å². The lowest BCUT2D eigenvalue weighted by Gasteiger charge is -2.34. The third-order valence-electron chi connectivity index (χ3n) is 6.80. The molecule has 4 rings (SSSR count). The number of carboxylic acids is 1. The number of carbonyl (C=O) groups is 1. The van der Waals surface area contributed by atoms with Crippen molar-refractivity contribution >= 4 is 12.0 Å². The lowest BCUT2D eigenvalue weighted by Crippen LogP contribution is -2.38. The van der Waals surface area contributed by atoms with E-state index in [4.69, 9.17) is 19.3 Å². The molecule has 3 aromatic carbocycles. The fourth-order valence-electron chi connectivity index (χ4n) is 4.70. The molecule has 1 aliphatic rings. The van der Waals surface area contributed by atoms with Crippen LogP contribution in [0.2, 0.25) is 0 Å². The van der Waals surface area contributed by atoms with Gasteiger partial charge in [-0.25, -0.2) is 4.79 Å².